The highest BCUT2D eigenvalue weighted by atomic mass is 35.5. The first-order valence-electron chi connectivity index (χ1n) is 11.9. The fraction of sp³-hybridized carbons (Fsp3) is 0.161. The summed E-state index contributed by atoms with van der Waals surface area (Å²) >= 11 is 14.3. The van der Waals surface area contributed by atoms with Crippen molar-refractivity contribution in [3.63, 3.8) is 0 Å². The molecule has 7 heteroatoms. The number of rotatable bonds is 4. The molecular weight excluding hydrogens is 533 g/mol. The number of nitrogens with two attached hydrogens (primary N) is 1. The number of allylic oxidation sites excluding steroid dienone is 1. The van der Waals surface area contributed by atoms with Gasteiger partial charge in [0, 0.05) is 0 Å². The molecule has 1 nitrogen and oxygen atoms in total. The quantitative estimate of drug-likeness (QED) is 0.198. The van der Waals surface area contributed by atoms with E-state index in [1.54, 1.807) is 72.8 Å². The van der Waals surface area contributed by atoms with Crippen LogP contribution in [0.2, 0.25) is 0 Å². The Hall–Kier alpha value is -3.12. The molecule has 4 aromatic rings. The molecule has 0 radical (unpaired) electrons. The van der Waals surface area contributed by atoms with Crippen LogP contribution in [-0.4, -0.2) is 11.6 Å². The summed E-state index contributed by atoms with van der Waals surface area (Å²) in [6.45, 7) is 0. The lowest BCUT2D eigenvalue weighted by atomic mass is 9.55. The van der Waals surface area contributed by atoms with Crippen LogP contribution in [0.25, 0.3) is 5.57 Å². The third-order valence-corrected chi connectivity index (χ3v) is 8.58. The van der Waals surface area contributed by atoms with Gasteiger partial charge in [-0.2, -0.15) is 13.2 Å². The molecule has 0 heterocycles. The van der Waals surface area contributed by atoms with Crippen molar-refractivity contribution in [1.29, 1.82) is 0 Å². The van der Waals surface area contributed by atoms with Gasteiger partial charge in [-0.15, -0.1) is 23.2 Å². The highest BCUT2D eigenvalue weighted by Gasteiger charge is 2.75. The molecule has 0 fully saturated rings. The Kier molecular flexibility index (Phi) is 6.67. The largest absolute Gasteiger partial charge is 0.415 e. The van der Waals surface area contributed by atoms with E-state index in [9.17, 15) is 0 Å². The fourth-order valence-corrected chi connectivity index (χ4v) is 6.76. The molecule has 0 aliphatic heterocycles. The second kappa shape index (κ2) is 9.57. The summed E-state index contributed by atoms with van der Waals surface area (Å²) in [6.07, 6.45) is -5.02. The smallest absolute Gasteiger partial charge is 0.316 e. The molecule has 4 aromatic carbocycles. The molecular formula is C31H23Cl2F4N. The van der Waals surface area contributed by atoms with E-state index in [1.807, 2.05) is 0 Å². The van der Waals surface area contributed by atoms with Crippen molar-refractivity contribution < 1.29 is 17.6 Å². The van der Waals surface area contributed by atoms with E-state index in [2.05, 4.69) is 0 Å². The van der Waals surface area contributed by atoms with Crippen LogP contribution < -0.4 is 5.73 Å². The maximum atomic E-state index is 18.4. The van der Waals surface area contributed by atoms with Gasteiger partial charge in [0.05, 0.1) is 16.5 Å². The maximum Gasteiger partial charge on any atom is 0.415 e. The first-order chi connectivity index (χ1) is 18.1. The van der Waals surface area contributed by atoms with Gasteiger partial charge < -0.3 is 5.73 Å². The van der Waals surface area contributed by atoms with E-state index in [1.165, 1.54) is 48.5 Å². The standard InChI is InChI=1S/C31H23Cl2F4N/c32-27-25(21-13-5-1-6-14-21)26(31(35,36)37)29(38,23-17-9-3-10-18-23)30(33,24-19-11-4-12-20-24)28(27,34)22-15-7-2-8-16-22/h1-20,27H,38H2. The minimum atomic E-state index is -5.02. The molecule has 5 rings (SSSR count). The summed E-state index contributed by atoms with van der Waals surface area (Å²) < 4.78 is 64.5. The van der Waals surface area contributed by atoms with Crippen LogP contribution in [0.15, 0.2) is 127 Å². The number of hydrogen-bond donors (Lipinski definition) is 1. The summed E-state index contributed by atoms with van der Waals surface area (Å²) in [4.78, 5) is -2.53. The summed E-state index contributed by atoms with van der Waals surface area (Å²) in [5.41, 5.74) is 0.145. The van der Waals surface area contributed by atoms with Crippen LogP contribution in [0.1, 0.15) is 22.3 Å². The van der Waals surface area contributed by atoms with Gasteiger partial charge in [0.15, 0.2) is 5.67 Å². The second-order valence-corrected chi connectivity index (χ2v) is 10.3. The highest BCUT2D eigenvalue weighted by molar-refractivity contribution is 6.32. The molecule has 38 heavy (non-hydrogen) atoms. The number of benzene rings is 4. The minimum Gasteiger partial charge on any atom is -0.316 e. The Labute approximate surface area is 228 Å². The van der Waals surface area contributed by atoms with E-state index < -0.39 is 38.8 Å². The van der Waals surface area contributed by atoms with Crippen LogP contribution in [-0.2, 0) is 16.1 Å². The molecule has 1 aliphatic carbocycles. The van der Waals surface area contributed by atoms with Crippen molar-refractivity contribution in [3.8, 4) is 0 Å². The van der Waals surface area contributed by atoms with Crippen LogP contribution >= 0.6 is 23.2 Å². The number of halogens is 6. The lowest BCUT2D eigenvalue weighted by Crippen LogP contribution is -2.69. The molecule has 4 atom stereocenters. The Morgan fingerprint density at radius 2 is 1.03 bits per heavy atom. The molecule has 2 N–H and O–H groups in total. The summed E-state index contributed by atoms with van der Waals surface area (Å²) in [7, 11) is 0. The zero-order valence-corrected chi connectivity index (χ0v) is 21.5. The van der Waals surface area contributed by atoms with Gasteiger partial charge in [-0.1, -0.05) is 121 Å². The van der Waals surface area contributed by atoms with Crippen LogP contribution in [0, 0.1) is 0 Å². The Morgan fingerprint density at radius 3 is 1.47 bits per heavy atom. The van der Waals surface area contributed by atoms with E-state index in [-0.39, 0.29) is 22.3 Å². The van der Waals surface area contributed by atoms with Crippen molar-refractivity contribution in [2.75, 3.05) is 0 Å². The van der Waals surface area contributed by atoms with Gasteiger partial charge in [0.2, 0.25) is 0 Å². The molecule has 1 aliphatic rings. The number of hydrogen-bond acceptors (Lipinski definition) is 1. The molecule has 0 amide bonds. The first-order valence-corrected chi connectivity index (χ1v) is 12.7. The summed E-state index contributed by atoms with van der Waals surface area (Å²) in [6, 6.07) is 31.0. The third kappa shape index (κ3) is 3.71. The molecule has 0 spiro atoms. The van der Waals surface area contributed by atoms with Gasteiger partial charge >= 0.3 is 6.18 Å². The van der Waals surface area contributed by atoms with Crippen molar-refractivity contribution >= 4 is 28.8 Å². The second-order valence-electron chi connectivity index (χ2n) is 9.29. The summed E-state index contributed by atoms with van der Waals surface area (Å²) in [5, 5.41) is -1.86. The monoisotopic (exact) mass is 555 g/mol. The van der Waals surface area contributed by atoms with E-state index in [4.69, 9.17) is 28.9 Å². The first kappa shape index (κ1) is 26.5. The van der Waals surface area contributed by atoms with Gasteiger partial charge in [0.25, 0.3) is 0 Å². The fourth-order valence-electron chi connectivity index (χ4n) is 5.63. The zero-order valence-electron chi connectivity index (χ0n) is 20.0. The molecule has 4 unspecified atom stereocenters. The lowest BCUT2D eigenvalue weighted by Gasteiger charge is -2.58. The average Bonchev–Trinajstić information content (AvgIpc) is 2.95. The van der Waals surface area contributed by atoms with E-state index in [0.717, 1.165) is 0 Å². The van der Waals surface area contributed by atoms with Gasteiger partial charge in [-0.25, -0.2) is 4.39 Å². The van der Waals surface area contributed by atoms with Gasteiger partial charge in [0.1, 0.15) is 4.87 Å². The van der Waals surface area contributed by atoms with Crippen LogP contribution in [0.3, 0.4) is 0 Å². The molecule has 0 saturated carbocycles. The maximum absolute atomic E-state index is 18.4. The topological polar surface area (TPSA) is 26.0 Å². The predicted octanol–water partition coefficient (Wildman–Crippen LogP) is 8.48. The van der Waals surface area contributed by atoms with Crippen LogP contribution in [0.5, 0.6) is 0 Å². The lowest BCUT2D eigenvalue weighted by molar-refractivity contribution is -0.111. The Morgan fingerprint density at radius 1 is 0.632 bits per heavy atom. The molecule has 0 aromatic heterocycles. The summed E-state index contributed by atoms with van der Waals surface area (Å²) in [5.74, 6) is 0. The third-order valence-electron chi connectivity index (χ3n) is 7.27. The van der Waals surface area contributed by atoms with Crippen molar-refractivity contribution in [2.45, 2.75) is 27.6 Å². The van der Waals surface area contributed by atoms with Crippen molar-refractivity contribution in [2.24, 2.45) is 5.73 Å². The minimum absolute atomic E-state index is 0.00105. The Balaban J connectivity index is 2.05. The van der Waals surface area contributed by atoms with Gasteiger partial charge in [-0.05, 0) is 27.8 Å². The normalized spacial score (nSPS) is 27.8. The average molecular weight is 556 g/mol. The molecule has 0 bridgehead atoms. The zero-order chi connectivity index (χ0) is 27.2. The number of alkyl halides is 6. The van der Waals surface area contributed by atoms with Crippen LogP contribution in [0.4, 0.5) is 17.6 Å². The molecule has 194 valence electrons. The molecule has 0 saturated heterocycles. The van der Waals surface area contributed by atoms with Crippen molar-refractivity contribution in [3.05, 3.63) is 149 Å². The van der Waals surface area contributed by atoms with E-state index >= 15 is 17.6 Å². The SMILES string of the molecule is NC1(c2ccccc2)C(C(F)(F)F)=C(c2ccccc2)C(Cl)C(F)(c2ccccc2)C1(Cl)c1ccccc1. The van der Waals surface area contributed by atoms with Gasteiger partial charge in [-0.3, -0.25) is 0 Å². The predicted molar refractivity (Wildman–Crippen MR) is 145 cm³/mol. The Bertz CT molecular complexity index is 1450. The van der Waals surface area contributed by atoms with E-state index in [0.29, 0.717) is 0 Å². The highest BCUT2D eigenvalue weighted by Crippen LogP contribution is 2.69. The van der Waals surface area contributed by atoms with Crippen molar-refractivity contribution in [1.82, 2.24) is 0 Å².